The summed E-state index contributed by atoms with van der Waals surface area (Å²) in [6.45, 7) is 12.9. The predicted molar refractivity (Wildman–Crippen MR) is 119 cm³/mol. The number of rotatable bonds is 12. The molecule has 2 rings (SSSR count). The minimum atomic E-state index is -0.804. The van der Waals surface area contributed by atoms with E-state index in [1.807, 2.05) is 19.1 Å². The first-order valence-corrected chi connectivity index (χ1v) is 10.5. The summed E-state index contributed by atoms with van der Waals surface area (Å²) in [5.41, 5.74) is 2.91. The number of methoxy groups -OCH3 is 1. The number of ether oxygens (including phenoxy) is 1. The highest BCUT2D eigenvalue weighted by Crippen LogP contribution is 2.34. The van der Waals surface area contributed by atoms with E-state index in [4.69, 9.17) is 9.15 Å². The van der Waals surface area contributed by atoms with E-state index in [9.17, 15) is 9.90 Å². The van der Waals surface area contributed by atoms with E-state index in [-0.39, 0.29) is 12.3 Å². The standard InChI is InChI=1S/C23H35N3O4/c1-15(2)12-26(13-16(3)4)20-8-7-18(17(5)9-23(27)28)10-19(20)25-21-11-24-22(30-21)14-29-6/h7-8,10-11,15-17,25H,9,12-14H2,1-6H3,(H,27,28). The maximum atomic E-state index is 11.2. The maximum absolute atomic E-state index is 11.2. The molecule has 0 saturated heterocycles. The lowest BCUT2D eigenvalue weighted by Gasteiger charge is -2.31. The lowest BCUT2D eigenvalue weighted by molar-refractivity contribution is -0.137. The zero-order chi connectivity index (χ0) is 22.3. The zero-order valence-corrected chi connectivity index (χ0v) is 18.9. The van der Waals surface area contributed by atoms with E-state index < -0.39 is 5.97 Å². The van der Waals surface area contributed by atoms with Gasteiger partial charge in [0.05, 0.1) is 24.0 Å². The number of oxazole rings is 1. The maximum Gasteiger partial charge on any atom is 0.303 e. The molecule has 2 aromatic rings. The van der Waals surface area contributed by atoms with Gasteiger partial charge in [0.2, 0.25) is 11.8 Å². The van der Waals surface area contributed by atoms with Gasteiger partial charge in [-0.3, -0.25) is 4.79 Å². The van der Waals surface area contributed by atoms with Crippen molar-refractivity contribution in [2.45, 2.75) is 53.6 Å². The monoisotopic (exact) mass is 417 g/mol. The number of benzene rings is 1. The second kappa shape index (κ2) is 11.0. The summed E-state index contributed by atoms with van der Waals surface area (Å²) >= 11 is 0. The number of hydrogen-bond donors (Lipinski definition) is 2. The number of carbonyl (C=O) groups is 1. The Kier molecular flexibility index (Phi) is 8.72. The predicted octanol–water partition coefficient (Wildman–Crippen LogP) is 5.26. The molecule has 1 unspecified atom stereocenters. The van der Waals surface area contributed by atoms with Crippen LogP contribution in [0.15, 0.2) is 28.8 Å². The molecule has 7 heteroatoms. The molecule has 1 atom stereocenters. The van der Waals surface area contributed by atoms with Gasteiger partial charge in [0, 0.05) is 20.2 Å². The number of hydrogen-bond acceptors (Lipinski definition) is 6. The highest BCUT2D eigenvalue weighted by molar-refractivity contribution is 5.75. The van der Waals surface area contributed by atoms with Crippen molar-refractivity contribution < 1.29 is 19.1 Å². The van der Waals surface area contributed by atoms with Gasteiger partial charge in [-0.05, 0) is 35.4 Å². The van der Waals surface area contributed by atoms with Crippen molar-refractivity contribution in [3.05, 3.63) is 35.9 Å². The average molecular weight is 418 g/mol. The van der Waals surface area contributed by atoms with Crippen molar-refractivity contribution in [1.82, 2.24) is 4.98 Å². The van der Waals surface area contributed by atoms with E-state index in [2.05, 4.69) is 49.0 Å². The molecule has 7 nitrogen and oxygen atoms in total. The third-order valence-corrected chi connectivity index (χ3v) is 4.66. The van der Waals surface area contributed by atoms with Crippen molar-refractivity contribution in [3.63, 3.8) is 0 Å². The third-order valence-electron chi connectivity index (χ3n) is 4.66. The molecule has 0 saturated carbocycles. The molecule has 30 heavy (non-hydrogen) atoms. The van der Waals surface area contributed by atoms with Crippen LogP contribution in [0.5, 0.6) is 0 Å². The largest absolute Gasteiger partial charge is 0.481 e. The third kappa shape index (κ3) is 7.06. The number of nitrogens with one attached hydrogen (secondary N) is 1. The molecule has 0 bridgehead atoms. The number of aliphatic carboxylic acids is 1. The number of carboxylic acids is 1. The van der Waals surface area contributed by atoms with Gasteiger partial charge in [-0.25, -0.2) is 4.98 Å². The van der Waals surface area contributed by atoms with E-state index in [0.717, 1.165) is 30.0 Å². The lowest BCUT2D eigenvalue weighted by atomic mass is 9.96. The van der Waals surface area contributed by atoms with Gasteiger partial charge < -0.3 is 24.5 Å². The fraction of sp³-hybridized carbons (Fsp3) is 0.565. The van der Waals surface area contributed by atoms with Crippen LogP contribution in [0.2, 0.25) is 0 Å². The molecular weight excluding hydrogens is 382 g/mol. The molecule has 0 aliphatic heterocycles. The zero-order valence-electron chi connectivity index (χ0n) is 18.9. The van der Waals surface area contributed by atoms with Crippen molar-refractivity contribution in [2.24, 2.45) is 11.8 Å². The average Bonchev–Trinajstić information content (AvgIpc) is 3.07. The summed E-state index contributed by atoms with van der Waals surface area (Å²) in [6, 6.07) is 6.13. The minimum absolute atomic E-state index is 0.0841. The molecule has 0 fully saturated rings. The van der Waals surface area contributed by atoms with Crippen LogP contribution >= 0.6 is 0 Å². The summed E-state index contributed by atoms with van der Waals surface area (Å²) in [4.78, 5) is 17.8. The Morgan fingerprint density at radius 3 is 2.43 bits per heavy atom. The van der Waals surface area contributed by atoms with E-state index in [1.165, 1.54) is 0 Å². The van der Waals surface area contributed by atoms with Crippen LogP contribution in [0.25, 0.3) is 0 Å². The van der Waals surface area contributed by atoms with Gasteiger partial charge in [-0.1, -0.05) is 40.7 Å². The van der Waals surface area contributed by atoms with Crippen molar-refractivity contribution in [1.29, 1.82) is 0 Å². The van der Waals surface area contributed by atoms with Crippen LogP contribution in [-0.4, -0.2) is 36.3 Å². The molecule has 166 valence electrons. The molecule has 1 aromatic heterocycles. The smallest absolute Gasteiger partial charge is 0.303 e. The Labute approximate surface area is 179 Å². The Bertz CT molecular complexity index is 807. The van der Waals surface area contributed by atoms with Gasteiger partial charge in [0.1, 0.15) is 6.61 Å². The molecule has 0 spiro atoms. The Morgan fingerprint density at radius 1 is 1.20 bits per heavy atom. The number of nitrogens with zero attached hydrogens (tertiary/aromatic N) is 2. The fourth-order valence-electron chi connectivity index (χ4n) is 3.46. The molecular formula is C23H35N3O4. The summed E-state index contributed by atoms with van der Waals surface area (Å²) in [6.07, 6.45) is 1.72. The van der Waals surface area contributed by atoms with Crippen LogP contribution in [0.3, 0.4) is 0 Å². The van der Waals surface area contributed by atoms with E-state index >= 15 is 0 Å². The normalized spacial score (nSPS) is 12.4. The van der Waals surface area contributed by atoms with Crippen molar-refractivity contribution >= 4 is 23.2 Å². The van der Waals surface area contributed by atoms with Gasteiger partial charge in [0.25, 0.3) is 0 Å². The van der Waals surface area contributed by atoms with Crippen LogP contribution < -0.4 is 10.2 Å². The number of carboxylic acid groups (broad SMARTS) is 1. The minimum Gasteiger partial charge on any atom is -0.481 e. The van der Waals surface area contributed by atoms with Gasteiger partial charge in [-0.2, -0.15) is 0 Å². The molecule has 2 N–H and O–H groups in total. The summed E-state index contributed by atoms with van der Waals surface area (Å²) in [7, 11) is 1.60. The van der Waals surface area contributed by atoms with Gasteiger partial charge >= 0.3 is 5.97 Å². The molecule has 0 amide bonds. The highest BCUT2D eigenvalue weighted by Gasteiger charge is 2.18. The molecule has 0 aliphatic carbocycles. The van der Waals surface area contributed by atoms with E-state index in [0.29, 0.717) is 30.2 Å². The Morgan fingerprint density at radius 2 is 1.87 bits per heavy atom. The summed E-state index contributed by atoms with van der Waals surface area (Å²) in [5, 5.41) is 12.5. The molecule has 1 heterocycles. The van der Waals surface area contributed by atoms with Gasteiger partial charge in [-0.15, -0.1) is 0 Å². The molecule has 0 aliphatic rings. The first kappa shape index (κ1) is 23.7. The second-order valence-electron chi connectivity index (χ2n) is 8.64. The topological polar surface area (TPSA) is 87.8 Å². The molecule has 0 radical (unpaired) electrons. The summed E-state index contributed by atoms with van der Waals surface area (Å²) < 4.78 is 10.8. The fourth-order valence-corrected chi connectivity index (χ4v) is 3.46. The first-order valence-electron chi connectivity index (χ1n) is 10.5. The SMILES string of the molecule is COCc1ncc(Nc2cc(C(C)CC(=O)O)ccc2N(CC(C)C)CC(C)C)o1. The second-order valence-corrected chi connectivity index (χ2v) is 8.64. The van der Waals surface area contributed by atoms with Crippen LogP contribution in [0, 0.1) is 11.8 Å². The van der Waals surface area contributed by atoms with Crippen LogP contribution in [0.1, 0.15) is 58.4 Å². The highest BCUT2D eigenvalue weighted by atomic mass is 16.5. The van der Waals surface area contributed by atoms with Crippen LogP contribution in [-0.2, 0) is 16.1 Å². The summed E-state index contributed by atoms with van der Waals surface area (Å²) in [5.74, 6) is 1.13. The Hall–Kier alpha value is -2.54. The number of anilines is 3. The van der Waals surface area contributed by atoms with Crippen LogP contribution in [0.4, 0.5) is 17.3 Å². The van der Waals surface area contributed by atoms with Gasteiger partial charge in [0.15, 0.2) is 0 Å². The lowest BCUT2D eigenvalue weighted by Crippen LogP contribution is -2.31. The first-order chi connectivity index (χ1) is 14.2. The van der Waals surface area contributed by atoms with E-state index in [1.54, 1.807) is 13.3 Å². The van der Waals surface area contributed by atoms with Crippen molar-refractivity contribution in [3.8, 4) is 0 Å². The Balaban J connectivity index is 2.43. The number of aromatic nitrogens is 1. The molecule has 1 aromatic carbocycles. The van der Waals surface area contributed by atoms with Crippen molar-refractivity contribution in [2.75, 3.05) is 30.4 Å². The quantitative estimate of drug-likeness (QED) is 0.487.